The molecule has 6 nitrogen and oxygen atoms in total. The first-order chi connectivity index (χ1) is 12.1. The Morgan fingerprint density at radius 2 is 2.16 bits per heavy atom. The SMILES string of the molecule is CC(C)OCCCNC(=O)c1cccc(NC(=O)C2=CSCCO2)c1. The second kappa shape index (κ2) is 10.1. The Kier molecular flexibility index (Phi) is 7.81. The standard InChI is InChI=1S/C18H24N2O4S/c1-13(2)23-8-4-7-19-17(21)14-5-3-6-15(11-14)20-18(22)16-12-25-10-9-24-16/h3,5-6,11-13H,4,7-10H2,1-2H3,(H,19,21)(H,20,22). The number of hydrogen-bond donors (Lipinski definition) is 2. The summed E-state index contributed by atoms with van der Waals surface area (Å²) in [6.07, 6.45) is 0.946. The average molecular weight is 364 g/mol. The van der Waals surface area contributed by atoms with Crippen molar-refractivity contribution in [3.05, 3.63) is 41.0 Å². The van der Waals surface area contributed by atoms with Crippen LogP contribution in [0.2, 0.25) is 0 Å². The molecule has 2 N–H and O–H groups in total. The normalized spacial score (nSPS) is 13.8. The predicted octanol–water partition coefficient (Wildman–Crippen LogP) is 2.77. The Morgan fingerprint density at radius 1 is 1.32 bits per heavy atom. The van der Waals surface area contributed by atoms with E-state index in [2.05, 4.69) is 10.6 Å². The zero-order chi connectivity index (χ0) is 18.1. The summed E-state index contributed by atoms with van der Waals surface area (Å²) in [6, 6.07) is 6.83. The predicted molar refractivity (Wildman–Crippen MR) is 99.6 cm³/mol. The van der Waals surface area contributed by atoms with Crippen LogP contribution in [0.15, 0.2) is 35.4 Å². The molecule has 1 aromatic rings. The van der Waals surface area contributed by atoms with E-state index >= 15 is 0 Å². The first-order valence-corrected chi connectivity index (χ1v) is 9.37. The lowest BCUT2D eigenvalue weighted by Gasteiger charge is -2.14. The summed E-state index contributed by atoms with van der Waals surface area (Å²) < 4.78 is 10.8. The average Bonchev–Trinajstić information content (AvgIpc) is 2.62. The molecule has 2 rings (SSSR count). The number of hydrogen-bond acceptors (Lipinski definition) is 5. The topological polar surface area (TPSA) is 76.7 Å². The number of thioether (sulfide) groups is 1. The summed E-state index contributed by atoms with van der Waals surface area (Å²) >= 11 is 1.54. The fraction of sp³-hybridized carbons (Fsp3) is 0.444. The van der Waals surface area contributed by atoms with Gasteiger partial charge in [0.15, 0.2) is 5.76 Å². The number of nitrogens with one attached hydrogen (secondary N) is 2. The van der Waals surface area contributed by atoms with Crippen LogP contribution in [0.4, 0.5) is 5.69 Å². The number of amides is 2. The highest BCUT2D eigenvalue weighted by molar-refractivity contribution is 8.02. The minimum atomic E-state index is -0.310. The number of rotatable bonds is 8. The minimum Gasteiger partial charge on any atom is -0.487 e. The molecule has 0 fully saturated rings. The lowest BCUT2D eigenvalue weighted by Crippen LogP contribution is -2.26. The van der Waals surface area contributed by atoms with Gasteiger partial charge in [0, 0.05) is 35.6 Å². The molecule has 0 atom stereocenters. The molecular weight excluding hydrogens is 340 g/mol. The molecule has 0 saturated heterocycles. The lowest BCUT2D eigenvalue weighted by atomic mass is 10.2. The number of anilines is 1. The molecule has 1 aromatic carbocycles. The molecule has 25 heavy (non-hydrogen) atoms. The highest BCUT2D eigenvalue weighted by atomic mass is 32.2. The maximum absolute atomic E-state index is 12.2. The van der Waals surface area contributed by atoms with E-state index in [-0.39, 0.29) is 17.9 Å². The minimum absolute atomic E-state index is 0.177. The van der Waals surface area contributed by atoms with Gasteiger partial charge < -0.3 is 20.1 Å². The number of carbonyl (C=O) groups excluding carboxylic acids is 2. The third-order valence-electron chi connectivity index (χ3n) is 3.31. The fourth-order valence-corrected chi connectivity index (χ4v) is 2.74. The van der Waals surface area contributed by atoms with Crippen molar-refractivity contribution in [1.29, 1.82) is 0 Å². The van der Waals surface area contributed by atoms with Crippen LogP contribution in [0.1, 0.15) is 30.6 Å². The first kappa shape index (κ1) is 19.3. The van der Waals surface area contributed by atoms with Gasteiger partial charge in [-0.3, -0.25) is 9.59 Å². The number of benzene rings is 1. The molecule has 7 heteroatoms. The van der Waals surface area contributed by atoms with Gasteiger partial charge in [-0.1, -0.05) is 6.07 Å². The lowest BCUT2D eigenvalue weighted by molar-refractivity contribution is -0.116. The summed E-state index contributed by atoms with van der Waals surface area (Å²) in [7, 11) is 0. The van der Waals surface area contributed by atoms with E-state index in [1.165, 1.54) is 0 Å². The van der Waals surface area contributed by atoms with Crippen molar-refractivity contribution in [1.82, 2.24) is 5.32 Å². The maximum atomic E-state index is 12.2. The van der Waals surface area contributed by atoms with Crippen LogP contribution >= 0.6 is 11.8 Å². The maximum Gasteiger partial charge on any atom is 0.291 e. The molecule has 1 aliphatic heterocycles. The highest BCUT2D eigenvalue weighted by Crippen LogP contribution is 2.18. The van der Waals surface area contributed by atoms with E-state index < -0.39 is 0 Å². The second-order valence-electron chi connectivity index (χ2n) is 5.77. The molecule has 0 spiro atoms. The third-order valence-corrected chi connectivity index (χ3v) is 4.10. The summed E-state index contributed by atoms with van der Waals surface area (Å²) in [4.78, 5) is 24.3. The summed E-state index contributed by atoms with van der Waals surface area (Å²) in [5, 5.41) is 7.30. The van der Waals surface area contributed by atoms with Gasteiger partial charge in [0.1, 0.15) is 0 Å². The van der Waals surface area contributed by atoms with Gasteiger partial charge in [0.2, 0.25) is 0 Å². The van der Waals surface area contributed by atoms with Gasteiger partial charge in [0.05, 0.1) is 12.7 Å². The molecule has 136 valence electrons. The van der Waals surface area contributed by atoms with Crippen molar-refractivity contribution in [2.45, 2.75) is 26.4 Å². The van der Waals surface area contributed by atoms with E-state index in [1.807, 2.05) is 13.8 Å². The van der Waals surface area contributed by atoms with Gasteiger partial charge in [0.25, 0.3) is 11.8 Å². The van der Waals surface area contributed by atoms with Gasteiger partial charge in [-0.05, 0) is 38.5 Å². The summed E-state index contributed by atoms with van der Waals surface area (Å²) in [5.74, 6) is 0.658. The molecule has 0 aromatic heterocycles. The Balaban J connectivity index is 1.84. The Hall–Kier alpha value is -1.99. The second-order valence-corrected chi connectivity index (χ2v) is 6.74. The molecule has 0 radical (unpaired) electrons. The molecule has 1 heterocycles. The monoisotopic (exact) mass is 364 g/mol. The van der Waals surface area contributed by atoms with Crippen LogP contribution in [0.25, 0.3) is 0 Å². The van der Waals surface area contributed by atoms with E-state index in [0.29, 0.717) is 36.8 Å². The van der Waals surface area contributed by atoms with E-state index in [0.717, 1.165) is 12.2 Å². The zero-order valence-electron chi connectivity index (χ0n) is 14.5. The molecular formula is C18H24N2O4S. The van der Waals surface area contributed by atoms with Crippen molar-refractivity contribution in [2.24, 2.45) is 0 Å². The number of carbonyl (C=O) groups is 2. The summed E-state index contributed by atoms with van der Waals surface area (Å²) in [5.41, 5.74) is 1.05. The Labute approximate surface area is 152 Å². The van der Waals surface area contributed by atoms with Crippen LogP contribution in [0.3, 0.4) is 0 Å². The van der Waals surface area contributed by atoms with Crippen molar-refractivity contribution in [2.75, 3.05) is 30.8 Å². The van der Waals surface area contributed by atoms with E-state index in [4.69, 9.17) is 9.47 Å². The van der Waals surface area contributed by atoms with Gasteiger partial charge in [-0.25, -0.2) is 0 Å². The van der Waals surface area contributed by atoms with E-state index in [9.17, 15) is 9.59 Å². The molecule has 0 bridgehead atoms. The van der Waals surface area contributed by atoms with Crippen molar-refractivity contribution >= 4 is 29.3 Å². The Morgan fingerprint density at radius 3 is 2.88 bits per heavy atom. The third kappa shape index (κ3) is 6.80. The quantitative estimate of drug-likeness (QED) is 0.694. The Bertz CT molecular complexity index is 631. The van der Waals surface area contributed by atoms with Crippen molar-refractivity contribution in [3.8, 4) is 0 Å². The largest absolute Gasteiger partial charge is 0.487 e. The van der Waals surface area contributed by atoms with Crippen LogP contribution < -0.4 is 10.6 Å². The van der Waals surface area contributed by atoms with Crippen LogP contribution in [-0.4, -0.2) is 43.4 Å². The molecule has 1 aliphatic rings. The smallest absolute Gasteiger partial charge is 0.291 e. The summed E-state index contributed by atoms with van der Waals surface area (Å²) in [6.45, 7) is 5.63. The number of ether oxygens (including phenoxy) is 2. The van der Waals surface area contributed by atoms with Gasteiger partial charge in [-0.15, -0.1) is 11.8 Å². The van der Waals surface area contributed by atoms with Crippen LogP contribution in [0, 0.1) is 0 Å². The van der Waals surface area contributed by atoms with Crippen LogP contribution in [-0.2, 0) is 14.3 Å². The van der Waals surface area contributed by atoms with Crippen molar-refractivity contribution in [3.63, 3.8) is 0 Å². The molecule has 0 saturated carbocycles. The fourth-order valence-electron chi connectivity index (χ4n) is 2.11. The van der Waals surface area contributed by atoms with Gasteiger partial charge in [-0.2, -0.15) is 0 Å². The molecule has 0 aliphatic carbocycles. The first-order valence-electron chi connectivity index (χ1n) is 8.32. The van der Waals surface area contributed by atoms with Crippen molar-refractivity contribution < 1.29 is 19.1 Å². The highest BCUT2D eigenvalue weighted by Gasteiger charge is 2.15. The molecule has 0 unspecified atom stereocenters. The van der Waals surface area contributed by atoms with E-state index in [1.54, 1.807) is 41.4 Å². The van der Waals surface area contributed by atoms with Gasteiger partial charge >= 0.3 is 0 Å². The molecule has 2 amide bonds. The van der Waals surface area contributed by atoms with Crippen LogP contribution in [0.5, 0.6) is 0 Å². The zero-order valence-corrected chi connectivity index (χ0v) is 15.4.